The predicted octanol–water partition coefficient (Wildman–Crippen LogP) is 4.22. The monoisotopic (exact) mass is 382 g/mol. The lowest BCUT2D eigenvalue weighted by Crippen LogP contribution is -2.06. The molecular weight excluding hydrogens is 364 g/mol. The highest BCUT2D eigenvalue weighted by atomic mass is 79.9. The molecule has 0 unspecified atom stereocenters. The highest BCUT2D eigenvalue weighted by Gasteiger charge is 2.16. The Kier molecular flexibility index (Phi) is 4.63. The number of anilines is 2. The highest BCUT2D eigenvalue weighted by molar-refractivity contribution is 9.10. The van der Waals surface area contributed by atoms with Crippen molar-refractivity contribution in [3.05, 3.63) is 45.1 Å². The zero-order chi connectivity index (χ0) is 16.7. The smallest absolute Gasteiger partial charge is 0.175 e. The van der Waals surface area contributed by atoms with Crippen LogP contribution in [0.3, 0.4) is 0 Å². The van der Waals surface area contributed by atoms with Gasteiger partial charge in [0.15, 0.2) is 9.84 Å². The van der Waals surface area contributed by atoms with E-state index in [2.05, 4.69) is 26.2 Å². The van der Waals surface area contributed by atoms with E-state index in [9.17, 15) is 8.42 Å². The molecule has 0 spiro atoms. The van der Waals surface area contributed by atoms with Crippen LogP contribution in [0, 0.1) is 27.7 Å². The normalized spacial score (nSPS) is 11.5. The maximum Gasteiger partial charge on any atom is 0.175 e. The third-order valence-corrected chi connectivity index (χ3v) is 5.53. The number of nitrogens with zero attached hydrogens (tertiary/aromatic N) is 1. The largest absolute Gasteiger partial charge is 0.339 e. The van der Waals surface area contributed by atoms with Gasteiger partial charge >= 0.3 is 0 Å². The third-order valence-electron chi connectivity index (χ3n) is 3.69. The summed E-state index contributed by atoms with van der Waals surface area (Å²) in [4.78, 5) is 4.87. The van der Waals surface area contributed by atoms with Crippen LogP contribution in [-0.4, -0.2) is 19.7 Å². The van der Waals surface area contributed by atoms with E-state index in [1.165, 1.54) is 6.26 Å². The van der Waals surface area contributed by atoms with Crippen LogP contribution in [0.25, 0.3) is 0 Å². The molecule has 0 fully saturated rings. The fraction of sp³-hybridized carbons (Fsp3) is 0.312. The van der Waals surface area contributed by atoms with Crippen molar-refractivity contribution >= 4 is 37.3 Å². The first-order chi connectivity index (χ1) is 10.1. The van der Waals surface area contributed by atoms with Crippen molar-refractivity contribution < 1.29 is 8.42 Å². The maximum absolute atomic E-state index is 11.9. The first-order valence-electron chi connectivity index (χ1n) is 6.82. The molecule has 1 heterocycles. The van der Waals surface area contributed by atoms with Crippen molar-refractivity contribution in [2.24, 2.45) is 0 Å². The van der Waals surface area contributed by atoms with Crippen molar-refractivity contribution in [1.29, 1.82) is 0 Å². The van der Waals surface area contributed by atoms with Crippen LogP contribution in [-0.2, 0) is 9.84 Å². The van der Waals surface area contributed by atoms with Gasteiger partial charge in [0.25, 0.3) is 0 Å². The van der Waals surface area contributed by atoms with E-state index >= 15 is 0 Å². The Labute approximate surface area is 140 Å². The van der Waals surface area contributed by atoms with Crippen LogP contribution >= 0.6 is 15.9 Å². The minimum Gasteiger partial charge on any atom is -0.339 e. The Morgan fingerprint density at radius 2 is 1.73 bits per heavy atom. The number of aromatic nitrogens is 1. The van der Waals surface area contributed by atoms with Crippen molar-refractivity contribution in [2.45, 2.75) is 32.6 Å². The van der Waals surface area contributed by atoms with Gasteiger partial charge in [0.2, 0.25) is 0 Å². The number of rotatable bonds is 3. The molecule has 1 aromatic carbocycles. The molecule has 4 nitrogen and oxygen atoms in total. The Morgan fingerprint density at radius 1 is 1.09 bits per heavy atom. The highest BCUT2D eigenvalue weighted by Crippen LogP contribution is 2.32. The van der Waals surface area contributed by atoms with Gasteiger partial charge in [0, 0.05) is 17.6 Å². The average molecular weight is 383 g/mol. The van der Waals surface area contributed by atoms with Gasteiger partial charge in [0.05, 0.1) is 9.37 Å². The van der Waals surface area contributed by atoms with Gasteiger partial charge in [-0.2, -0.15) is 0 Å². The summed E-state index contributed by atoms with van der Waals surface area (Å²) in [7, 11) is -3.26. The van der Waals surface area contributed by atoms with Gasteiger partial charge in [-0.05, 0) is 72.4 Å². The molecule has 2 rings (SSSR count). The van der Waals surface area contributed by atoms with Gasteiger partial charge in [-0.3, -0.25) is 0 Å². The SMILES string of the molecule is Cc1cc(Br)c(Nc2c(C)ccc(S(C)(=O)=O)c2C)nc1C. The molecule has 22 heavy (non-hydrogen) atoms. The van der Waals surface area contributed by atoms with Crippen molar-refractivity contribution in [1.82, 2.24) is 4.98 Å². The maximum atomic E-state index is 11.9. The fourth-order valence-electron chi connectivity index (χ4n) is 2.30. The predicted molar refractivity (Wildman–Crippen MR) is 93.7 cm³/mol. The van der Waals surface area contributed by atoms with Crippen molar-refractivity contribution in [3.63, 3.8) is 0 Å². The molecule has 2 aromatic rings. The summed E-state index contributed by atoms with van der Waals surface area (Å²) in [5, 5.41) is 3.27. The van der Waals surface area contributed by atoms with E-state index < -0.39 is 9.84 Å². The van der Waals surface area contributed by atoms with Crippen molar-refractivity contribution in [3.8, 4) is 0 Å². The molecule has 0 bridgehead atoms. The molecular formula is C16H19BrN2O2S. The molecule has 118 valence electrons. The zero-order valence-corrected chi connectivity index (χ0v) is 15.7. The van der Waals surface area contributed by atoms with E-state index in [4.69, 9.17) is 0 Å². The molecule has 0 radical (unpaired) electrons. The average Bonchev–Trinajstić information content (AvgIpc) is 2.38. The number of nitrogens with one attached hydrogen (secondary N) is 1. The summed E-state index contributed by atoms with van der Waals surface area (Å²) in [6.07, 6.45) is 1.22. The summed E-state index contributed by atoms with van der Waals surface area (Å²) >= 11 is 3.50. The van der Waals surface area contributed by atoms with Gasteiger partial charge < -0.3 is 5.32 Å². The fourth-order valence-corrected chi connectivity index (χ4v) is 3.80. The molecule has 1 aromatic heterocycles. The first-order valence-corrected chi connectivity index (χ1v) is 9.50. The van der Waals surface area contributed by atoms with Crippen LogP contribution in [0.5, 0.6) is 0 Å². The number of halogens is 1. The molecule has 0 saturated carbocycles. The summed E-state index contributed by atoms with van der Waals surface area (Å²) in [5.41, 5.74) is 4.47. The number of aryl methyl sites for hydroxylation is 3. The van der Waals surface area contributed by atoms with E-state index in [1.807, 2.05) is 26.8 Å². The van der Waals surface area contributed by atoms with E-state index in [-0.39, 0.29) is 0 Å². The lowest BCUT2D eigenvalue weighted by molar-refractivity contribution is 0.601. The molecule has 0 aliphatic carbocycles. The molecule has 0 aliphatic heterocycles. The standard InChI is InChI=1S/C16H19BrN2O2S/c1-9-6-7-14(22(5,20)21)11(3)15(9)19-16-13(17)8-10(2)12(4)18-16/h6-8H,1-5H3,(H,18,19). The Hall–Kier alpha value is -1.40. The van der Waals surface area contributed by atoms with E-state index in [0.717, 1.165) is 27.0 Å². The number of sulfone groups is 1. The van der Waals surface area contributed by atoms with Crippen LogP contribution < -0.4 is 5.32 Å². The Bertz CT molecular complexity index is 846. The van der Waals surface area contributed by atoms with Crippen LogP contribution in [0.15, 0.2) is 27.6 Å². The van der Waals surface area contributed by atoms with Gasteiger partial charge in [0.1, 0.15) is 5.82 Å². The second kappa shape index (κ2) is 6.01. The zero-order valence-electron chi connectivity index (χ0n) is 13.3. The Morgan fingerprint density at radius 3 is 2.32 bits per heavy atom. The van der Waals surface area contributed by atoms with Gasteiger partial charge in [-0.1, -0.05) is 6.07 Å². The second-order valence-electron chi connectivity index (χ2n) is 5.50. The summed E-state index contributed by atoms with van der Waals surface area (Å²) in [6, 6.07) is 5.45. The van der Waals surface area contributed by atoms with Crippen LogP contribution in [0.1, 0.15) is 22.4 Å². The number of hydrogen-bond donors (Lipinski definition) is 1. The number of hydrogen-bond acceptors (Lipinski definition) is 4. The quantitative estimate of drug-likeness (QED) is 0.862. The molecule has 0 saturated heterocycles. The second-order valence-corrected chi connectivity index (χ2v) is 8.34. The summed E-state index contributed by atoms with van der Waals surface area (Å²) in [6.45, 7) is 7.69. The van der Waals surface area contributed by atoms with Crippen LogP contribution in [0.2, 0.25) is 0 Å². The lowest BCUT2D eigenvalue weighted by Gasteiger charge is -2.16. The molecule has 6 heteroatoms. The number of pyridine rings is 1. The summed E-state index contributed by atoms with van der Waals surface area (Å²) < 4.78 is 24.6. The molecule has 0 aliphatic rings. The molecule has 0 atom stereocenters. The number of benzene rings is 1. The Balaban J connectivity index is 2.57. The van der Waals surface area contributed by atoms with Gasteiger partial charge in [-0.25, -0.2) is 13.4 Å². The topological polar surface area (TPSA) is 59.1 Å². The minimum atomic E-state index is -3.26. The lowest BCUT2D eigenvalue weighted by atomic mass is 10.1. The van der Waals surface area contributed by atoms with E-state index in [0.29, 0.717) is 16.3 Å². The van der Waals surface area contributed by atoms with Gasteiger partial charge in [-0.15, -0.1) is 0 Å². The molecule has 1 N–H and O–H groups in total. The third kappa shape index (κ3) is 3.33. The van der Waals surface area contributed by atoms with E-state index in [1.54, 1.807) is 19.1 Å². The molecule has 0 amide bonds. The first kappa shape index (κ1) is 17.0. The minimum absolute atomic E-state index is 0.334. The summed E-state index contributed by atoms with van der Waals surface area (Å²) in [5.74, 6) is 0.681. The van der Waals surface area contributed by atoms with Crippen molar-refractivity contribution in [2.75, 3.05) is 11.6 Å². The van der Waals surface area contributed by atoms with Crippen LogP contribution in [0.4, 0.5) is 11.5 Å².